The van der Waals surface area contributed by atoms with Gasteiger partial charge in [0.2, 0.25) is 11.8 Å². The number of carbonyl (C=O) groups is 3. The molecule has 29 heavy (non-hydrogen) atoms. The molecule has 2 rings (SSSR count). The molecule has 0 atom stereocenters. The number of thiocarbonyl (C=S) groups is 1. The third-order valence-electron chi connectivity index (χ3n) is 3.49. The van der Waals surface area contributed by atoms with Crippen molar-refractivity contribution in [3.05, 3.63) is 58.3 Å². The van der Waals surface area contributed by atoms with E-state index in [1.54, 1.807) is 30.3 Å². The average molecular weight is 431 g/mol. The van der Waals surface area contributed by atoms with E-state index in [9.17, 15) is 14.4 Å². The summed E-state index contributed by atoms with van der Waals surface area (Å²) in [5, 5.41) is 7.08. The van der Waals surface area contributed by atoms with Crippen LogP contribution in [0.5, 0.6) is 0 Å². The van der Waals surface area contributed by atoms with Gasteiger partial charge in [-0.2, -0.15) is 0 Å². The highest BCUT2D eigenvalue weighted by atomic mass is 32.1. The fourth-order valence-electron chi connectivity index (χ4n) is 2.20. The van der Waals surface area contributed by atoms with Gasteiger partial charge in [-0.05, 0) is 59.9 Å². The van der Waals surface area contributed by atoms with Gasteiger partial charge in [-0.15, -0.1) is 11.3 Å². The highest BCUT2D eigenvalue weighted by molar-refractivity contribution is 7.80. The lowest BCUT2D eigenvalue weighted by atomic mass is 10.1. The summed E-state index contributed by atoms with van der Waals surface area (Å²) in [6.45, 7) is 3.93. The Morgan fingerprint density at radius 2 is 1.83 bits per heavy atom. The molecule has 0 bridgehead atoms. The standard InChI is InChI=1S/C20H22N4O3S2/c1-13(2)12-18(26)21-15-7-5-14(6-8-15)19(27)23-24-20(28)22-17(25)10-9-16-4-3-11-29-16/h3-11,13H,12H2,1-2H3,(H,21,26)(H,23,27)(H2,22,24,25,28). The van der Waals surface area contributed by atoms with Gasteiger partial charge in [-0.3, -0.25) is 30.6 Å². The lowest BCUT2D eigenvalue weighted by molar-refractivity contribution is -0.117. The van der Waals surface area contributed by atoms with E-state index in [0.29, 0.717) is 17.7 Å². The van der Waals surface area contributed by atoms with Crippen molar-refractivity contribution in [2.45, 2.75) is 20.3 Å². The van der Waals surface area contributed by atoms with Gasteiger partial charge in [0.25, 0.3) is 5.91 Å². The van der Waals surface area contributed by atoms with Crippen molar-refractivity contribution in [1.82, 2.24) is 16.2 Å². The van der Waals surface area contributed by atoms with Crippen LogP contribution in [-0.4, -0.2) is 22.8 Å². The lowest BCUT2D eigenvalue weighted by Gasteiger charge is -2.10. The van der Waals surface area contributed by atoms with E-state index in [2.05, 4.69) is 21.5 Å². The first-order valence-electron chi connectivity index (χ1n) is 8.86. The second-order valence-electron chi connectivity index (χ2n) is 6.47. The molecule has 3 amide bonds. The third-order valence-corrected chi connectivity index (χ3v) is 4.53. The first kappa shape index (κ1) is 22.3. The molecule has 1 heterocycles. The summed E-state index contributed by atoms with van der Waals surface area (Å²) in [5.41, 5.74) is 5.86. The Kier molecular flexibility index (Phi) is 8.50. The van der Waals surface area contributed by atoms with Crippen LogP contribution in [-0.2, 0) is 9.59 Å². The van der Waals surface area contributed by atoms with Gasteiger partial charge >= 0.3 is 0 Å². The highest BCUT2D eigenvalue weighted by Crippen LogP contribution is 2.11. The Labute approximate surface area is 178 Å². The van der Waals surface area contributed by atoms with Crippen molar-refractivity contribution in [2.75, 3.05) is 5.32 Å². The van der Waals surface area contributed by atoms with Gasteiger partial charge in [0, 0.05) is 28.6 Å². The topological polar surface area (TPSA) is 99.3 Å². The minimum absolute atomic E-state index is 0.0308. The predicted molar refractivity (Wildman–Crippen MR) is 119 cm³/mol. The fourth-order valence-corrected chi connectivity index (χ4v) is 2.97. The molecule has 0 aliphatic heterocycles. The minimum Gasteiger partial charge on any atom is -0.326 e. The molecular weight excluding hydrogens is 408 g/mol. The molecule has 1 aromatic carbocycles. The van der Waals surface area contributed by atoms with Crippen LogP contribution < -0.4 is 21.5 Å². The largest absolute Gasteiger partial charge is 0.326 e. The second-order valence-corrected chi connectivity index (χ2v) is 7.86. The quantitative estimate of drug-likeness (QED) is 0.321. The number of amides is 3. The Balaban J connectivity index is 1.77. The van der Waals surface area contributed by atoms with E-state index in [1.165, 1.54) is 17.4 Å². The van der Waals surface area contributed by atoms with Crippen molar-refractivity contribution in [2.24, 2.45) is 5.92 Å². The molecule has 0 spiro atoms. The second kappa shape index (κ2) is 11.1. The third kappa shape index (κ3) is 8.24. The maximum atomic E-state index is 12.1. The minimum atomic E-state index is -0.434. The molecule has 0 unspecified atom stereocenters. The van der Waals surface area contributed by atoms with Crippen LogP contribution in [0.2, 0.25) is 0 Å². The van der Waals surface area contributed by atoms with Crippen molar-refractivity contribution >= 4 is 58.2 Å². The van der Waals surface area contributed by atoms with Crippen molar-refractivity contribution in [3.63, 3.8) is 0 Å². The molecular formula is C20H22N4O3S2. The number of hydrogen-bond donors (Lipinski definition) is 4. The number of anilines is 1. The molecule has 0 saturated heterocycles. The number of rotatable bonds is 6. The van der Waals surface area contributed by atoms with E-state index >= 15 is 0 Å². The zero-order valence-corrected chi connectivity index (χ0v) is 17.7. The fraction of sp³-hybridized carbons (Fsp3) is 0.200. The van der Waals surface area contributed by atoms with Gasteiger partial charge in [0.05, 0.1) is 0 Å². The van der Waals surface area contributed by atoms with Crippen LogP contribution in [0.25, 0.3) is 6.08 Å². The monoisotopic (exact) mass is 430 g/mol. The molecule has 0 radical (unpaired) electrons. The molecule has 0 aliphatic carbocycles. The van der Waals surface area contributed by atoms with E-state index < -0.39 is 11.8 Å². The summed E-state index contributed by atoms with van der Waals surface area (Å²) in [7, 11) is 0. The van der Waals surface area contributed by atoms with Crippen molar-refractivity contribution in [1.29, 1.82) is 0 Å². The lowest BCUT2D eigenvalue weighted by Crippen LogP contribution is -2.48. The van der Waals surface area contributed by atoms with Crippen LogP contribution in [0.3, 0.4) is 0 Å². The normalized spacial score (nSPS) is 10.6. The van der Waals surface area contributed by atoms with Crippen LogP contribution in [0, 0.1) is 5.92 Å². The Bertz CT molecular complexity index is 891. The Hall–Kier alpha value is -3.04. The Morgan fingerprint density at radius 3 is 2.45 bits per heavy atom. The Morgan fingerprint density at radius 1 is 1.10 bits per heavy atom. The molecule has 7 nitrogen and oxygen atoms in total. The summed E-state index contributed by atoms with van der Waals surface area (Å²) in [6.07, 6.45) is 3.45. The predicted octanol–water partition coefficient (Wildman–Crippen LogP) is 3.08. The molecule has 0 aliphatic rings. The number of thiophene rings is 1. The summed E-state index contributed by atoms with van der Waals surface area (Å²) in [5.74, 6) is -0.655. The smallest absolute Gasteiger partial charge is 0.269 e. The van der Waals surface area contributed by atoms with E-state index in [-0.39, 0.29) is 16.9 Å². The van der Waals surface area contributed by atoms with Crippen LogP contribution in [0.15, 0.2) is 47.9 Å². The molecule has 0 saturated carbocycles. The van der Waals surface area contributed by atoms with Gasteiger partial charge in [0.1, 0.15) is 0 Å². The SMILES string of the molecule is CC(C)CC(=O)Nc1ccc(C(=O)NNC(=S)NC(=O)C=Cc2cccs2)cc1. The van der Waals surface area contributed by atoms with Gasteiger partial charge in [0.15, 0.2) is 5.11 Å². The molecule has 4 N–H and O–H groups in total. The van der Waals surface area contributed by atoms with E-state index in [4.69, 9.17) is 12.2 Å². The van der Waals surface area contributed by atoms with Crippen molar-refractivity contribution < 1.29 is 14.4 Å². The number of nitrogens with one attached hydrogen (secondary N) is 4. The summed E-state index contributed by atoms with van der Waals surface area (Å²) in [6, 6.07) is 10.2. The zero-order valence-electron chi connectivity index (χ0n) is 16.0. The summed E-state index contributed by atoms with van der Waals surface area (Å²) in [4.78, 5) is 36.6. The van der Waals surface area contributed by atoms with Gasteiger partial charge in [-0.1, -0.05) is 19.9 Å². The number of hydrogen-bond acceptors (Lipinski definition) is 5. The summed E-state index contributed by atoms with van der Waals surface area (Å²) >= 11 is 6.49. The van der Waals surface area contributed by atoms with E-state index in [1.807, 2.05) is 31.4 Å². The first-order chi connectivity index (χ1) is 13.8. The van der Waals surface area contributed by atoms with Crippen molar-refractivity contribution in [3.8, 4) is 0 Å². The molecule has 9 heteroatoms. The van der Waals surface area contributed by atoms with Crippen LogP contribution in [0.1, 0.15) is 35.5 Å². The zero-order chi connectivity index (χ0) is 21.2. The molecule has 152 valence electrons. The number of benzene rings is 1. The summed E-state index contributed by atoms with van der Waals surface area (Å²) < 4.78 is 0. The maximum Gasteiger partial charge on any atom is 0.269 e. The molecule has 0 fully saturated rings. The van der Waals surface area contributed by atoms with E-state index in [0.717, 1.165) is 4.88 Å². The average Bonchev–Trinajstić information content (AvgIpc) is 3.18. The van der Waals surface area contributed by atoms with Gasteiger partial charge in [-0.25, -0.2) is 0 Å². The highest BCUT2D eigenvalue weighted by Gasteiger charge is 2.09. The van der Waals surface area contributed by atoms with Crippen LogP contribution >= 0.6 is 23.6 Å². The number of carbonyl (C=O) groups excluding carboxylic acids is 3. The molecule has 1 aromatic heterocycles. The van der Waals surface area contributed by atoms with Crippen LogP contribution in [0.4, 0.5) is 5.69 Å². The molecule has 2 aromatic rings. The van der Waals surface area contributed by atoms with Gasteiger partial charge < -0.3 is 5.32 Å². The maximum absolute atomic E-state index is 12.1. The first-order valence-corrected chi connectivity index (χ1v) is 10.1. The number of hydrazine groups is 1.